The molecule has 1 unspecified atom stereocenters. The first kappa shape index (κ1) is 13.7. The van der Waals surface area contributed by atoms with Crippen LogP contribution in [0.25, 0.3) is 0 Å². The van der Waals surface area contributed by atoms with Crippen molar-refractivity contribution in [1.29, 1.82) is 0 Å². The molecule has 1 heterocycles. The van der Waals surface area contributed by atoms with Crippen LogP contribution in [0, 0.1) is 6.92 Å². The maximum absolute atomic E-state index is 11.7. The van der Waals surface area contributed by atoms with Gasteiger partial charge in [0, 0.05) is 24.8 Å². The minimum atomic E-state index is -0.396. The summed E-state index contributed by atoms with van der Waals surface area (Å²) in [4.78, 5) is 11.7. The number of hydrogen-bond acceptors (Lipinski definition) is 3. The van der Waals surface area contributed by atoms with Crippen LogP contribution in [-0.2, 0) is 18.4 Å². The van der Waals surface area contributed by atoms with E-state index in [1.165, 1.54) is 0 Å². The Morgan fingerprint density at radius 1 is 1.65 bits per heavy atom. The molecule has 0 spiro atoms. The van der Waals surface area contributed by atoms with Crippen molar-refractivity contribution in [2.45, 2.75) is 45.7 Å². The summed E-state index contributed by atoms with van der Waals surface area (Å²) in [6.45, 7) is 4.56. The number of unbranched alkanes of at least 4 members (excludes halogenated alkanes) is 1. The summed E-state index contributed by atoms with van der Waals surface area (Å²) in [5.74, 6) is -0.0818. The van der Waals surface area contributed by atoms with Crippen molar-refractivity contribution in [2.24, 2.45) is 12.8 Å². The van der Waals surface area contributed by atoms with E-state index in [0.29, 0.717) is 6.54 Å². The van der Waals surface area contributed by atoms with Gasteiger partial charge in [0.2, 0.25) is 5.91 Å². The topological polar surface area (TPSA) is 72.9 Å². The third kappa shape index (κ3) is 3.85. The maximum Gasteiger partial charge on any atom is 0.237 e. The van der Waals surface area contributed by atoms with Crippen LogP contribution in [0.2, 0.25) is 0 Å². The Balaban J connectivity index is 2.40. The Labute approximate surface area is 102 Å². The number of hydrogen-bond donors (Lipinski definition) is 2. The fourth-order valence-corrected chi connectivity index (χ4v) is 1.59. The van der Waals surface area contributed by atoms with Crippen molar-refractivity contribution >= 4 is 5.91 Å². The third-order valence-electron chi connectivity index (χ3n) is 3.00. The molecule has 1 aromatic rings. The van der Waals surface area contributed by atoms with Crippen molar-refractivity contribution in [2.75, 3.05) is 0 Å². The summed E-state index contributed by atoms with van der Waals surface area (Å²) in [7, 11) is 1.88. The van der Waals surface area contributed by atoms with E-state index in [1.54, 1.807) is 10.9 Å². The van der Waals surface area contributed by atoms with E-state index in [-0.39, 0.29) is 5.91 Å². The van der Waals surface area contributed by atoms with Gasteiger partial charge in [0.05, 0.1) is 12.2 Å². The van der Waals surface area contributed by atoms with Gasteiger partial charge in [-0.1, -0.05) is 19.8 Å². The lowest BCUT2D eigenvalue weighted by molar-refractivity contribution is -0.122. The zero-order valence-electron chi connectivity index (χ0n) is 10.9. The van der Waals surface area contributed by atoms with Gasteiger partial charge >= 0.3 is 0 Å². The van der Waals surface area contributed by atoms with Gasteiger partial charge < -0.3 is 11.1 Å². The van der Waals surface area contributed by atoms with Crippen LogP contribution in [0.1, 0.15) is 37.4 Å². The molecule has 0 aliphatic carbocycles. The zero-order chi connectivity index (χ0) is 12.8. The normalized spacial score (nSPS) is 12.5. The summed E-state index contributed by atoms with van der Waals surface area (Å²) in [6.07, 6.45) is 4.56. The van der Waals surface area contributed by atoms with Gasteiger partial charge in [-0.2, -0.15) is 5.10 Å². The number of carbonyl (C=O) groups is 1. The molecular formula is C12H22N4O. The summed E-state index contributed by atoms with van der Waals surface area (Å²) in [6, 6.07) is -0.396. The van der Waals surface area contributed by atoms with Crippen molar-refractivity contribution in [1.82, 2.24) is 15.1 Å². The van der Waals surface area contributed by atoms with Crippen molar-refractivity contribution in [3.63, 3.8) is 0 Å². The molecule has 0 aliphatic rings. The number of nitrogens with one attached hydrogen (secondary N) is 1. The molecule has 0 saturated heterocycles. The second-order valence-corrected chi connectivity index (χ2v) is 4.35. The fourth-order valence-electron chi connectivity index (χ4n) is 1.59. The number of rotatable bonds is 6. The summed E-state index contributed by atoms with van der Waals surface area (Å²) in [5.41, 5.74) is 7.87. The zero-order valence-corrected chi connectivity index (χ0v) is 10.9. The number of amides is 1. The van der Waals surface area contributed by atoms with E-state index in [9.17, 15) is 4.79 Å². The Kier molecular flexibility index (Phi) is 5.15. The summed E-state index contributed by atoms with van der Waals surface area (Å²) < 4.78 is 1.79. The predicted molar refractivity (Wildman–Crippen MR) is 67.3 cm³/mol. The number of aryl methyl sites for hydroxylation is 1. The molecule has 0 aliphatic heterocycles. The van der Waals surface area contributed by atoms with Gasteiger partial charge in [-0.15, -0.1) is 0 Å². The number of nitrogens with two attached hydrogens (primary N) is 1. The average Bonchev–Trinajstić information content (AvgIpc) is 2.64. The number of carbonyl (C=O) groups excluding carboxylic acids is 1. The van der Waals surface area contributed by atoms with Crippen molar-refractivity contribution in [3.8, 4) is 0 Å². The van der Waals surface area contributed by atoms with Crippen molar-refractivity contribution < 1.29 is 4.79 Å². The van der Waals surface area contributed by atoms with Crippen LogP contribution in [-0.4, -0.2) is 21.7 Å². The van der Waals surface area contributed by atoms with Gasteiger partial charge in [0.1, 0.15) is 0 Å². The number of nitrogens with zero attached hydrogens (tertiary/aromatic N) is 2. The Bertz CT molecular complexity index is 373. The lowest BCUT2D eigenvalue weighted by Gasteiger charge is -2.11. The smallest absolute Gasteiger partial charge is 0.237 e. The highest BCUT2D eigenvalue weighted by atomic mass is 16.2. The van der Waals surface area contributed by atoms with Crippen LogP contribution in [0.15, 0.2) is 6.20 Å². The predicted octanol–water partition coefficient (Wildman–Crippen LogP) is 0.862. The first-order chi connectivity index (χ1) is 8.06. The molecule has 3 N–H and O–H groups in total. The van der Waals surface area contributed by atoms with Crippen LogP contribution >= 0.6 is 0 Å². The molecule has 96 valence electrons. The second-order valence-electron chi connectivity index (χ2n) is 4.35. The van der Waals surface area contributed by atoms with E-state index < -0.39 is 6.04 Å². The minimum absolute atomic E-state index is 0.0818. The van der Waals surface area contributed by atoms with Gasteiger partial charge in [0.15, 0.2) is 0 Å². The van der Waals surface area contributed by atoms with E-state index in [2.05, 4.69) is 17.3 Å². The molecule has 1 rings (SSSR count). The molecular weight excluding hydrogens is 216 g/mol. The Morgan fingerprint density at radius 2 is 2.35 bits per heavy atom. The molecule has 5 nitrogen and oxygen atoms in total. The van der Waals surface area contributed by atoms with Crippen LogP contribution < -0.4 is 11.1 Å². The van der Waals surface area contributed by atoms with Crippen molar-refractivity contribution in [3.05, 3.63) is 17.5 Å². The highest BCUT2D eigenvalue weighted by Crippen LogP contribution is 2.05. The van der Waals surface area contributed by atoms with E-state index >= 15 is 0 Å². The summed E-state index contributed by atoms with van der Waals surface area (Å²) >= 11 is 0. The quantitative estimate of drug-likeness (QED) is 0.772. The molecule has 0 saturated carbocycles. The highest BCUT2D eigenvalue weighted by molar-refractivity contribution is 5.81. The molecule has 1 aromatic heterocycles. The van der Waals surface area contributed by atoms with E-state index in [1.807, 2.05) is 14.0 Å². The molecule has 0 fully saturated rings. The highest BCUT2D eigenvalue weighted by Gasteiger charge is 2.13. The standard InChI is InChI=1S/C12H22N4O/c1-4-5-6-11(13)12(17)14-7-10-8-15-16(3)9(10)2/h8,11H,4-7,13H2,1-3H3,(H,14,17). The number of aromatic nitrogens is 2. The first-order valence-electron chi connectivity index (χ1n) is 6.07. The molecule has 0 bridgehead atoms. The molecule has 17 heavy (non-hydrogen) atoms. The SMILES string of the molecule is CCCCC(N)C(=O)NCc1cnn(C)c1C. The molecule has 0 aromatic carbocycles. The van der Waals surface area contributed by atoms with Crippen LogP contribution in [0.5, 0.6) is 0 Å². The van der Waals surface area contributed by atoms with E-state index in [0.717, 1.165) is 30.5 Å². The average molecular weight is 238 g/mol. The monoisotopic (exact) mass is 238 g/mol. The van der Waals surface area contributed by atoms with Crippen LogP contribution in [0.4, 0.5) is 0 Å². The lowest BCUT2D eigenvalue weighted by atomic mass is 10.1. The maximum atomic E-state index is 11.7. The first-order valence-corrected chi connectivity index (χ1v) is 6.07. The summed E-state index contributed by atoms with van der Waals surface area (Å²) in [5, 5.41) is 6.97. The van der Waals surface area contributed by atoms with Gasteiger partial charge in [0.25, 0.3) is 0 Å². The van der Waals surface area contributed by atoms with E-state index in [4.69, 9.17) is 5.73 Å². The van der Waals surface area contributed by atoms with Crippen LogP contribution in [0.3, 0.4) is 0 Å². The largest absolute Gasteiger partial charge is 0.351 e. The second kappa shape index (κ2) is 6.39. The molecule has 1 amide bonds. The fraction of sp³-hybridized carbons (Fsp3) is 0.667. The Hall–Kier alpha value is -1.36. The molecule has 0 radical (unpaired) electrons. The molecule has 5 heteroatoms. The minimum Gasteiger partial charge on any atom is -0.351 e. The Morgan fingerprint density at radius 3 is 2.88 bits per heavy atom. The lowest BCUT2D eigenvalue weighted by Crippen LogP contribution is -2.40. The van der Waals surface area contributed by atoms with Gasteiger partial charge in [-0.3, -0.25) is 9.48 Å². The van der Waals surface area contributed by atoms with Gasteiger partial charge in [-0.25, -0.2) is 0 Å². The van der Waals surface area contributed by atoms with Gasteiger partial charge in [-0.05, 0) is 13.3 Å². The third-order valence-corrected chi connectivity index (χ3v) is 3.00. The molecule has 1 atom stereocenters.